The standard InChI is InChI=1S/C18H23N3O4/c1-4-12-10-17(25-20-12)15-6-5-9-21(15)18(22)19-14-8-7-13(23-2)11-16(14)24-3/h7-8,10-11,15H,4-6,9H2,1-3H3,(H,19,22). The highest BCUT2D eigenvalue weighted by Crippen LogP contribution is 2.34. The number of hydrogen-bond donors (Lipinski definition) is 1. The Morgan fingerprint density at radius 2 is 2.20 bits per heavy atom. The Hall–Kier alpha value is -2.70. The van der Waals surface area contributed by atoms with E-state index in [0.29, 0.717) is 23.7 Å². The first-order valence-corrected chi connectivity index (χ1v) is 8.41. The van der Waals surface area contributed by atoms with Crippen LogP contribution >= 0.6 is 0 Å². The summed E-state index contributed by atoms with van der Waals surface area (Å²) >= 11 is 0. The van der Waals surface area contributed by atoms with Crippen molar-refractivity contribution in [1.82, 2.24) is 10.1 Å². The van der Waals surface area contributed by atoms with Gasteiger partial charge in [0.2, 0.25) is 0 Å². The molecule has 0 radical (unpaired) electrons. The SMILES string of the molecule is CCc1cc(C2CCCN2C(=O)Nc2ccc(OC)cc2OC)on1. The smallest absolute Gasteiger partial charge is 0.322 e. The molecule has 2 heterocycles. The van der Waals surface area contributed by atoms with Gasteiger partial charge in [0.1, 0.15) is 11.5 Å². The van der Waals surface area contributed by atoms with E-state index in [1.165, 1.54) is 0 Å². The minimum absolute atomic E-state index is 0.0861. The summed E-state index contributed by atoms with van der Waals surface area (Å²) in [4.78, 5) is 14.5. The molecule has 0 aliphatic carbocycles. The molecule has 1 unspecified atom stereocenters. The highest BCUT2D eigenvalue weighted by molar-refractivity contribution is 5.91. The number of ether oxygens (including phenoxy) is 2. The molecule has 1 aromatic heterocycles. The summed E-state index contributed by atoms with van der Waals surface area (Å²) < 4.78 is 16.0. The van der Waals surface area contributed by atoms with Crippen molar-refractivity contribution >= 4 is 11.7 Å². The molecule has 1 atom stereocenters. The molecule has 2 aromatic rings. The number of rotatable bonds is 5. The average molecular weight is 345 g/mol. The van der Waals surface area contributed by atoms with Crippen molar-refractivity contribution in [3.05, 3.63) is 35.7 Å². The highest BCUT2D eigenvalue weighted by atomic mass is 16.5. The lowest BCUT2D eigenvalue weighted by atomic mass is 10.1. The van der Waals surface area contributed by atoms with Gasteiger partial charge in [-0.15, -0.1) is 0 Å². The first-order valence-electron chi connectivity index (χ1n) is 8.41. The zero-order valence-electron chi connectivity index (χ0n) is 14.7. The minimum Gasteiger partial charge on any atom is -0.497 e. The van der Waals surface area contributed by atoms with Crippen LogP contribution in [0.3, 0.4) is 0 Å². The fourth-order valence-corrected chi connectivity index (χ4v) is 3.05. The van der Waals surface area contributed by atoms with Gasteiger partial charge in [0.15, 0.2) is 5.76 Å². The van der Waals surface area contributed by atoms with Crippen LogP contribution in [0, 0.1) is 0 Å². The second-order valence-electron chi connectivity index (χ2n) is 5.92. The quantitative estimate of drug-likeness (QED) is 0.895. The maximum atomic E-state index is 12.8. The van der Waals surface area contributed by atoms with E-state index >= 15 is 0 Å². The summed E-state index contributed by atoms with van der Waals surface area (Å²) in [5.74, 6) is 1.96. The van der Waals surface area contributed by atoms with E-state index in [9.17, 15) is 4.79 Å². The van der Waals surface area contributed by atoms with Crippen LogP contribution in [0.2, 0.25) is 0 Å². The Bertz CT molecular complexity index is 744. The molecule has 2 amide bonds. The summed E-state index contributed by atoms with van der Waals surface area (Å²) in [6.45, 7) is 2.70. The van der Waals surface area contributed by atoms with E-state index in [1.807, 2.05) is 13.0 Å². The highest BCUT2D eigenvalue weighted by Gasteiger charge is 2.33. The molecule has 1 fully saturated rings. The number of carbonyl (C=O) groups is 1. The van der Waals surface area contributed by atoms with Crippen molar-refractivity contribution in [2.75, 3.05) is 26.1 Å². The summed E-state index contributed by atoms with van der Waals surface area (Å²) in [5, 5.41) is 6.96. The van der Waals surface area contributed by atoms with Crippen LogP contribution in [0.4, 0.5) is 10.5 Å². The van der Waals surface area contributed by atoms with Crippen LogP contribution in [0.1, 0.15) is 37.3 Å². The van der Waals surface area contributed by atoms with Crippen molar-refractivity contribution < 1.29 is 18.8 Å². The molecule has 7 heteroatoms. The van der Waals surface area contributed by atoms with E-state index in [2.05, 4.69) is 10.5 Å². The third-order valence-electron chi connectivity index (χ3n) is 4.43. The minimum atomic E-state index is -0.180. The molecule has 1 aliphatic heterocycles. The molecule has 134 valence electrons. The molecule has 1 aromatic carbocycles. The lowest BCUT2D eigenvalue weighted by Gasteiger charge is -2.23. The summed E-state index contributed by atoms with van der Waals surface area (Å²) in [6.07, 6.45) is 2.61. The topological polar surface area (TPSA) is 76.8 Å². The van der Waals surface area contributed by atoms with Gasteiger partial charge in [-0.1, -0.05) is 12.1 Å². The maximum absolute atomic E-state index is 12.8. The molecule has 3 rings (SSSR count). The van der Waals surface area contributed by atoms with Gasteiger partial charge in [0.05, 0.1) is 31.6 Å². The van der Waals surface area contributed by atoms with Gasteiger partial charge in [-0.25, -0.2) is 4.79 Å². The number of hydrogen-bond acceptors (Lipinski definition) is 5. The zero-order valence-corrected chi connectivity index (χ0v) is 14.7. The fraction of sp³-hybridized carbons (Fsp3) is 0.444. The van der Waals surface area contributed by atoms with Crippen LogP contribution in [0.15, 0.2) is 28.8 Å². The number of anilines is 1. The number of nitrogens with zero attached hydrogens (tertiary/aromatic N) is 2. The summed E-state index contributed by atoms with van der Waals surface area (Å²) in [5.41, 5.74) is 1.50. The number of methoxy groups -OCH3 is 2. The molecule has 0 spiro atoms. The van der Waals surface area contributed by atoms with Gasteiger partial charge in [0.25, 0.3) is 0 Å². The normalized spacial score (nSPS) is 16.8. The Morgan fingerprint density at radius 3 is 2.88 bits per heavy atom. The average Bonchev–Trinajstić information content (AvgIpc) is 3.30. The second kappa shape index (κ2) is 7.46. The van der Waals surface area contributed by atoms with E-state index in [1.54, 1.807) is 37.3 Å². The van der Waals surface area contributed by atoms with Gasteiger partial charge in [-0.3, -0.25) is 0 Å². The van der Waals surface area contributed by atoms with Gasteiger partial charge in [-0.05, 0) is 31.4 Å². The molecular weight excluding hydrogens is 322 g/mol. The van der Waals surface area contributed by atoms with Gasteiger partial charge < -0.3 is 24.2 Å². The molecular formula is C18H23N3O4. The van der Waals surface area contributed by atoms with Crippen molar-refractivity contribution in [2.45, 2.75) is 32.2 Å². The first kappa shape index (κ1) is 17.1. The van der Waals surface area contributed by atoms with Gasteiger partial charge in [0, 0.05) is 18.7 Å². The number of aryl methyl sites for hydroxylation is 1. The Morgan fingerprint density at radius 1 is 1.36 bits per heavy atom. The molecule has 0 saturated carbocycles. The molecule has 0 bridgehead atoms. The monoisotopic (exact) mass is 345 g/mol. The van der Waals surface area contributed by atoms with E-state index in [4.69, 9.17) is 14.0 Å². The van der Waals surface area contributed by atoms with Gasteiger partial charge in [-0.2, -0.15) is 0 Å². The van der Waals surface area contributed by atoms with Crippen LogP contribution in [-0.4, -0.2) is 36.9 Å². The maximum Gasteiger partial charge on any atom is 0.322 e. The molecule has 1 aliphatic rings. The number of aromatic nitrogens is 1. The number of carbonyl (C=O) groups excluding carboxylic acids is 1. The number of benzene rings is 1. The summed E-state index contributed by atoms with van der Waals surface area (Å²) in [7, 11) is 3.15. The Balaban J connectivity index is 1.76. The van der Waals surface area contributed by atoms with Crippen LogP contribution in [0.5, 0.6) is 11.5 Å². The van der Waals surface area contributed by atoms with E-state index in [0.717, 1.165) is 30.7 Å². The first-order chi connectivity index (χ1) is 12.2. The molecule has 1 saturated heterocycles. The predicted molar refractivity (Wildman–Crippen MR) is 93.1 cm³/mol. The lowest BCUT2D eigenvalue weighted by molar-refractivity contribution is 0.195. The van der Waals surface area contributed by atoms with Crippen LogP contribution < -0.4 is 14.8 Å². The van der Waals surface area contributed by atoms with Crippen molar-refractivity contribution in [1.29, 1.82) is 0 Å². The Labute approximate surface area is 146 Å². The Kier molecular flexibility index (Phi) is 5.11. The number of likely N-dealkylation sites (tertiary alicyclic amines) is 1. The van der Waals surface area contributed by atoms with Crippen LogP contribution in [0.25, 0.3) is 0 Å². The third kappa shape index (κ3) is 3.55. The largest absolute Gasteiger partial charge is 0.497 e. The van der Waals surface area contributed by atoms with E-state index < -0.39 is 0 Å². The van der Waals surface area contributed by atoms with Crippen molar-refractivity contribution in [3.8, 4) is 11.5 Å². The van der Waals surface area contributed by atoms with Crippen LogP contribution in [-0.2, 0) is 6.42 Å². The summed E-state index contributed by atoms with van der Waals surface area (Å²) in [6, 6.07) is 6.96. The number of nitrogens with one attached hydrogen (secondary N) is 1. The molecule has 7 nitrogen and oxygen atoms in total. The lowest BCUT2D eigenvalue weighted by Crippen LogP contribution is -2.34. The van der Waals surface area contributed by atoms with Crippen molar-refractivity contribution in [2.24, 2.45) is 0 Å². The molecule has 1 N–H and O–H groups in total. The fourth-order valence-electron chi connectivity index (χ4n) is 3.05. The zero-order chi connectivity index (χ0) is 17.8. The van der Waals surface area contributed by atoms with E-state index in [-0.39, 0.29) is 12.1 Å². The van der Waals surface area contributed by atoms with Crippen molar-refractivity contribution in [3.63, 3.8) is 0 Å². The number of amides is 2. The second-order valence-corrected chi connectivity index (χ2v) is 5.92. The number of urea groups is 1. The predicted octanol–water partition coefficient (Wildman–Crippen LogP) is 3.62. The third-order valence-corrected chi connectivity index (χ3v) is 4.43. The molecule has 25 heavy (non-hydrogen) atoms. The van der Waals surface area contributed by atoms with Gasteiger partial charge >= 0.3 is 6.03 Å².